The summed E-state index contributed by atoms with van der Waals surface area (Å²) in [5.74, 6) is 0.301. The monoisotopic (exact) mass is 474 g/mol. The van der Waals surface area contributed by atoms with Gasteiger partial charge in [0.15, 0.2) is 11.6 Å². The number of unbranched alkanes of at least 4 members (excludes halogenated alkanes) is 1. The second-order valence-electron chi connectivity index (χ2n) is 9.72. The molecule has 0 radical (unpaired) electrons. The Morgan fingerprint density at radius 1 is 0.943 bits per heavy atom. The van der Waals surface area contributed by atoms with E-state index in [-0.39, 0.29) is 5.39 Å². The first-order valence-electron chi connectivity index (χ1n) is 13.0. The lowest BCUT2D eigenvalue weighted by atomic mass is 9.78. The second kappa shape index (κ2) is 12.2. The third kappa shape index (κ3) is 6.39. The largest absolute Gasteiger partial charge is 0.490 e. The zero-order chi connectivity index (χ0) is 24.6. The first-order valence-corrected chi connectivity index (χ1v) is 13.0. The van der Waals surface area contributed by atoms with Crippen LogP contribution >= 0.6 is 0 Å². The van der Waals surface area contributed by atoms with Gasteiger partial charge in [0.05, 0.1) is 0 Å². The minimum atomic E-state index is -0.808. The molecule has 1 saturated carbocycles. The average molecular weight is 475 g/mol. The van der Waals surface area contributed by atoms with E-state index in [9.17, 15) is 8.78 Å². The molecule has 4 rings (SSSR count). The van der Waals surface area contributed by atoms with Crippen molar-refractivity contribution in [2.75, 3.05) is 6.61 Å². The Balaban J connectivity index is 1.37. The first-order chi connectivity index (χ1) is 17.1. The molecule has 3 heteroatoms. The van der Waals surface area contributed by atoms with Crippen LogP contribution < -0.4 is 4.74 Å². The molecule has 3 aromatic rings. The summed E-state index contributed by atoms with van der Waals surface area (Å²) in [6.07, 6.45) is 14.9. The highest BCUT2D eigenvalue weighted by atomic mass is 19.2. The number of fused-ring (bicyclic) bond motifs is 1. The number of benzene rings is 3. The lowest BCUT2D eigenvalue weighted by Crippen LogP contribution is -2.11. The highest BCUT2D eigenvalue weighted by Gasteiger charge is 2.21. The lowest BCUT2D eigenvalue weighted by Gasteiger charge is -2.27. The van der Waals surface area contributed by atoms with Crippen LogP contribution in [-0.4, -0.2) is 6.61 Å². The molecule has 3 aromatic carbocycles. The molecular formula is C32H36F2O. The maximum Gasteiger partial charge on any atom is 0.167 e. The fourth-order valence-electron chi connectivity index (χ4n) is 5.12. The van der Waals surface area contributed by atoms with Crippen LogP contribution in [0.3, 0.4) is 0 Å². The van der Waals surface area contributed by atoms with Crippen molar-refractivity contribution in [1.82, 2.24) is 0 Å². The SMILES string of the molecule is C=CCOc1ccc2cc(CCc3ccc(C4CCC(/C=C/CCC)CC4)cc3)c(F)c(F)c2c1. The summed E-state index contributed by atoms with van der Waals surface area (Å²) in [6.45, 7) is 6.15. The molecule has 0 saturated heterocycles. The predicted octanol–water partition coefficient (Wildman–Crippen LogP) is 9.10. The highest BCUT2D eigenvalue weighted by Crippen LogP contribution is 2.36. The molecule has 0 amide bonds. The standard InChI is InChI=1S/C32H36F2O/c1-3-5-6-7-23-8-13-25(14-9-23)26-15-10-24(11-16-26)12-17-28-21-27-18-19-29(35-20-4-2)22-30(27)32(34)31(28)33/h4,6-7,10-11,15-16,18-19,21-23,25H,2-3,5,8-9,12-14,17,20H2,1H3/b7-6+. The lowest BCUT2D eigenvalue weighted by molar-refractivity contribution is 0.363. The number of hydrogen-bond acceptors (Lipinski definition) is 1. The van der Waals surface area contributed by atoms with Gasteiger partial charge in [0.25, 0.3) is 0 Å². The summed E-state index contributed by atoms with van der Waals surface area (Å²) in [5.41, 5.74) is 2.97. The second-order valence-corrected chi connectivity index (χ2v) is 9.72. The molecule has 1 aliphatic carbocycles. The first kappa shape index (κ1) is 25.2. The highest BCUT2D eigenvalue weighted by molar-refractivity contribution is 5.85. The van der Waals surface area contributed by atoms with Crippen molar-refractivity contribution in [3.8, 4) is 5.75 Å². The molecule has 0 aromatic heterocycles. The van der Waals surface area contributed by atoms with E-state index < -0.39 is 11.6 Å². The Labute approximate surface area is 208 Å². The minimum absolute atomic E-state index is 0.243. The normalized spacial score (nSPS) is 18.3. The average Bonchev–Trinajstić information content (AvgIpc) is 2.90. The summed E-state index contributed by atoms with van der Waals surface area (Å²) in [7, 11) is 0. The van der Waals surface area contributed by atoms with E-state index in [0.717, 1.165) is 11.5 Å². The van der Waals surface area contributed by atoms with E-state index >= 15 is 0 Å². The van der Waals surface area contributed by atoms with Crippen LogP contribution in [0.2, 0.25) is 0 Å². The summed E-state index contributed by atoms with van der Waals surface area (Å²) < 4.78 is 35.1. The summed E-state index contributed by atoms with van der Waals surface area (Å²) in [6, 6.07) is 15.6. The molecule has 0 N–H and O–H groups in total. The van der Waals surface area contributed by atoms with Crippen LogP contribution in [0.5, 0.6) is 5.75 Å². The van der Waals surface area contributed by atoms with Gasteiger partial charge in [0.1, 0.15) is 12.4 Å². The van der Waals surface area contributed by atoms with Crippen LogP contribution in [0, 0.1) is 17.6 Å². The Morgan fingerprint density at radius 3 is 2.43 bits per heavy atom. The van der Waals surface area contributed by atoms with Crippen molar-refractivity contribution in [3.05, 3.63) is 102 Å². The Bertz CT molecular complexity index is 1150. The van der Waals surface area contributed by atoms with Gasteiger partial charge in [-0.15, -0.1) is 0 Å². The van der Waals surface area contributed by atoms with Gasteiger partial charge in [-0.3, -0.25) is 0 Å². The maximum absolute atomic E-state index is 14.8. The van der Waals surface area contributed by atoms with E-state index in [1.165, 1.54) is 44.1 Å². The van der Waals surface area contributed by atoms with Gasteiger partial charge in [-0.25, -0.2) is 8.78 Å². The third-order valence-electron chi connectivity index (χ3n) is 7.20. The van der Waals surface area contributed by atoms with Crippen LogP contribution in [0.1, 0.15) is 68.1 Å². The van der Waals surface area contributed by atoms with Crippen molar-refractivity contribution in [2.24, 2.45) is 5.92 Å². The number of aryl methyl sites for hydroxylation is 2. The van der Waals surface area contributed by atoms with Gasteiger partial charge in [0.2, 0.25) is 0 Å². The topological polar surface area (TPSA) is 9.23 Å². The number of ether oxygens (including phenoxy) is 1. The molecule has 0 heterocycles. The summed E-state index contributed by atoms with van der Waals surface area (Å²) >= 11 is 0. The van der Waals surface area contributed by atoms with Crippen molar-refractivity contribution in [3.63, 3.8) is 0 Å². The molecule has 1 nitrogen and oxygen atoms in total. The minimum Gasteiger partial charge on any atom is -0.490 e. The smallest absolute Gasteiger partial charge is 0.167 e. The quantitative estimate of drug-likeness (QED) is 0.266. The van der Waals surface area contributed by atoms with Gasteiger partial charge >= 0.3 is 0 Å². The summed E-state index contributed by atoms with van der Waals surface area (Å²) in [4.78, 5) is 0. The van der Waals surface area contributed by atoms with E-state index in [1.54, 1.807) is 30.3 Å². The van der Waals surface area contributed by atoms with Gasteiger partial charge in [-0.1, -0.05) is 68.5 Å². The molecule has 0 spiro atoms. The number of allylic oxidation sites excluding steroid dienone is 2. The molecular weight excluding hydrogens is 438 g/mol. The fraction of sp³-hybridized carbons (Fsp3) is 0.375. The molecule has 0 bridgehead atoms. The molecule has 184 valence electrons. The zero-order valence-corrected chi connectivity index (χ0v) is 20.7. The van der Waals surface area contributed by atoms with Crippen molar-refractivity contribution >= 4 is 10.8 Å². The van der Waals surface area contributed by atoms with Gasteiger partial charge in [0, 0.05) is 5.39 Å². The van der Waals surface area contributed by atoms with Crippen molar-refractivity contribution < 1.29 is 13.5 Å². The van der Waals surface area contributed by atoms with Crippen LogP contribution in [0.15, 0.2) is 73.3 Å². The Kier molecular flexibility index (Phi) is 8.74. The van der Waals surface area contributed by atoms with Crippen LogP contribution in [0.4, 0.5) is 8.78 Å². The van der Waals surface area contributed by atoms with E-state index in [4.69, 9.17) is 4.74 Å². The van der Waals surface area contributed by atoms with E-state index in [0.29, 0.717) is 42.1 Å². The zero-order valence-electron chi connectivity index (χ0n) is 20.7. The summed E-state index contributed by atoms with van der Waals surface area (Å²) in [5, 5.41) is 0.924. The number of hydrogen-bond donors (Lipinski definition) is 0. The van der Waals surface area contributed by atoms with E-state index in [1.807, 2.05) is 0 Å². The number of halogens is 2. The molecule has 0 aliphatic heterocycles. The molecule has 0 unspecified atom stereocenters. The molecule has 35 heavy (non-hydrogen) atoms. The van der Waals surface area contributed by atoms with Crippen molar-refractivity contribution in [2.45, 2.75) is 64.2 Å². The molecule has 1 aliphatic rings. The fourth-order valence-corrected chi connectivity index (χ4v) is 5.12. The van der Waals surface area contributed by atoms with Crippen LogP contribution in [0.25, 0.3) is 10.8 Å². The molecule has 1 fully saturated rings. The maximum atomic E-state index is 14.8. The van der Waals surface area contributed by atoms with Gasteiger partial charge in [-0.05, 0) is 97.1 Å². The van der Waals surface area contributed by atoms with Crippen LogP contribution in [-0.2, 0) is 12.8 Å². The molecule has 0 atom stereocenters. The van der Waals surface area contributed by atoms with Gasteiger partial charge in [-0.2, -0.15) is 0 Å². The Hall–Kier alpha value is -2.94. The van der Waals surface area contributed by atoms with Gasteiger partial charge < -0.3 is 4.74 Å². The number of rotatable bonds is 10. The predicted molar refractivity (Wildman–Crippen MR) is 142 cm³/mol. The third-order valence-corrected chi connectivity index (χ3v) is 7.20. The van der Waals surface area contributed by atoms with E-state index in [2.05, 4.69) is 49.9 Å². The Morgan fingerprint density at radius 2 is 1.71 bits per heavy atom. The van der Waals surface area contributed by atoms with Crippen molar-refractivity contribution in [1.29, 1.82) is 0 Å².